The van der Waals surface area contributed by atoms with Crippen molar-refractivity contribution in [2.75, 3.05) is 18.1 Å². The van der Waals surface area contributed by atoms with Gasteiger partial charge in [-0.25, -0.2) is 0 Å². The Morgan fingerprint density at radius 2 is 2.38 bits per heavy atom. The molecule has 1 aliphatic rings. The third-order valence-electron chi connectivity index (χ3n) is 2.98. The van der Waals surface area contributed by atoms with Crippen molar-refractivity contribution in [2.24, 2.45) is 0 Å². The predicted molar refractivity (Wildman–Crippen MR) is 66.3 cm³/mol. The molecule has 2 rings (SSSR count). The van der Waals surface area contributed by atoms with Gasteiger partial charge >= 0.3 is 0 Å². The fourth-order valence-electron chi connectivity index (χ4n) is 2.18. The summed E-state index contributed by atoms with van der Waals surface area (Å²) in [4.78, 5) is 2.13. The van der Waals surface area contributed by atoms with Crippen molar-refractivity contribution >= 4 is 21.6 Å². The molecule has 1 heterocycles. The second kappa shape index (κ2) is 4.86. The van der Waals surface area contributed by atoms with Crippen LogP contribution >= 0.6 is 15.9 Å². The fourth-order valence-corrected chi connectivity index (χ4v) is 2.53. The van der Waals surface area contributed by atoms with Crippen LogP contribution in [0.5, 0.6) is 0 Å². The van der Waals surface area contributed by atoms with Crippen LogP contribution in [0.4, 0.5) is 5.69 Å². The molecule has 0 aromatic heterocycles. The van der Waals surface area contributed by atoms with E-state index in [1.165, 1.54) is 0 Å². The first-order valence-electron chi connectivity index (χ1n) is 5.33. The molecule has 1 aliphatic heterocycles. The summed E-state index contributed by atoms with van der Waals surface area (Å²) in [7, 11) is 0. The summed E-state index contributed by atoms with van der Waals surface area (Å²) in [6.07, 6.45) is 2.07. The normalized spacial score (nSPS) is 19.8. The van der Waals surface area contributed by atoms with E-state index in [1.54, 1.807) is 0 Å². The van der Waals surface area contributed by atoms with Gasteiger partial charge in [0.05, 0.1) is 23.9 Å². The molecule has 1 atom stereocenters. The van der Waals surface area contributed by atoms with Crippen LogP contribution in [0.1, 0.15) is 18.4 Å². The molecule has 4 heteroatoms. The average Bonchev–Trinajstić information content (AvgIpc) is 2.76. The first-order valence-corrected chi connectivity index (χ1v) is 6.12. The number of hydrogen-bond donors (Lipinski definition) is 1. The van der Waals surface area contributed by atoms with Gasteiger partial charge in [0, 0.05) is 11.0 Å². The van der Waals surface area contributed by atoms with E-state index in [0.29, 0.717) is 5.56 Å². The highest BCUT2D eigenvalue weighted by atomic mass is 79.9. The van der Waals surface area contributed by atoms with E-state index in [0.717, 1.165) is 29.5 Å². The molecule has 84 valence electrons. The summed E-state index contributed by atoms with van der Waals surface area (Å²) >= 11 is 3.42. The van der Waals surface area contributed by atoms with Crippen molar-refractivity contribution in [3.8, 4) is 6.07 Å². The van der Waals surface area contributed by atoms with E-state index in [1.807, 2.05) is 18.2 Å². The molecular formula is C12H13BrN2O. The molecule has 0 bridgehead atoms. The van der Waals surface area contributed by atoms with Crippen molar-refractivity contribution in [1.29, 1.82) is 5.26 Å². The molecule has 1 saturated heterocycles. The van der Waals surface area contributed by atoms with Crippen LogP contribution in [-0.4, -0.2) is 24.3 Å². The molecule has 0 amide bonds. The van der Waals surface area contributed by atoms with Gasteiger partial charge in [-0.15, -0.1) is 0 Å². The van der Waals surface area contributed by atoms with Crippen LogP contribution < -0.4 is 4.90 Å². The lowest BCUT2D eigenvalue weighted by Gasteiger charge is -2.26. The molecule has 1 aromatic rings. The molecular weight excluding hydrogens is 268 g/mol. The first-order chi connectivity index (χ1) is 7.76. The Morgan fingerprint density at radius 3 is 3.06 bits per heavy atom. The number of nitriles is 1. The van der Waals surface area contributed by atoms with E-state index in [2.05, 4.69) is 26.9 Å². The van der Waals surface area contributed by atoms with Gasteiger partial charge in [0.25, 0.3) is 0 Å². The Labute approximate surface area is 103 Å². The molecule has 0 spiro atoms. The lowest BCUT2D eigenvalue weighted by Crippen LogP contribution is -2.32. The minimum atomic E-state index is 0.150. The van der Waals surface area contributed by atoms with Crippen LogP contribution in [0.3, 0.4) is 0 Å². The quantitative estimate of drug-likeness (QED) is 0.904. The summed E-state index contributed by atoms with van der Waals surface area (Å²) in [5.74, 6) is 0. The number of rotatable bonds is 2. The number of aliphatic hydroxyl groups excluding tert-OH is 1. The van der Waals surface area contributed by atoms with Crippen LogP contribution in [0.2, 0.25) is 0 Å². The van der Waals surface area contributed by atoms with Crippen LogP contribution in [0, 0.1) is 11.3 Å². The Kier molecular flexibility index (Phi) is 3.47. The molecule has 1 N–H and O–H groups in total. The van der Waals surface area contributed by atoms with Gasteiger partial charge in [0.1, 0.15) is 6.07 Å². The maximum absolute atomic E-state index is 9.29. The first kappa shape index (κ1) is 11.4. The van der Waals surface area contributed by atoms with E-state index in [4.69, 9.17) is 5.26 Å². The highest BCUT2D eigenvalue weighted by Gasteiger charge is 2.25. The standard InChI is InChI=1S/C12H13BrN2O/c13-10-4-3-9(7-14)12(6-10)15-5-1-2-11(15)8-16/h3-4,6,11,16H,1-2,5,8H2. The largest absolute Gasteiger partial charge is 0.394 e. The Morgan fingerprint density at radius 1 is 1.56 bits per heavy atom. The SMILES string of the molecule is N#Cc1ccc(Br)cc1N1CCCC1CO. The number of halogens is 1. The van der Waals surface area contributed by atoms with Gasteiger partial charge in [0.15, 0.2) is 0 Å². The van der Waals surface area contributed by atoms with Crippen LogP contribution in [-0.2, 0) is 0 Å². The number of nitrogens with zero attached hydrogens (tertiary/aromatic N) is 2. The van der Waals surface area contributed by atoms with Crippen LogP contribution in [0.25, 0.3) is 0 Å². The van der Waals surface area contributed by atoms with Crippen molar-refractivity contribution in [1.82, 2.24) is 0 Å². The zero-order chi connectivity index (χ0) is 11.5. The summed E-state index contributed by atoms with van der Waals surface area (Å²) < 4.78 is 0.963. The van der Waals surface area contributed by atoms with Gasteiger partial charge < -0.3 is 10.0 Å². The minimum Gasteiger partial charge on any atom is -0.394 e. The second-order valence-corrected chi connectivity index (χ2v) is 4.86. The maximum atomic E-state index is 9.29. The summed E-state index contributed by atoms with van der Waals surface area (Å²) in [6, 6.07) is 7.98. The molecule has 0 radical (unpaired) electrons. The van der Waals surface area contributed by atoms with Gasteiger partial charge in [0.2, 0.25) is 0 Å². The molecule has 0 saturated carbocycles. The summed E-state index contributed by atoms with van der Waals surface area (Å²) in [5.41, 5.74) is 1.59. The van der Waals surface area contributed by atoms with Crippen LogP contribution in [0.15, 0.2) is 22.7 Å². The third-order valence-corrected chi connectivity index (χ3v) is 3.47. The van der Waals surface area contributed by atoms with E-state index in [-0.39, 0.29) is 12.6 Å². The Hall–Kier alpha value is -1.05. The zero-order valence-electron chi connectivity index (χ0n) is 8.86. The van der Waals surface area contributed by atoms with Crippen molar-refractivity contribution in [3.05, 3.63) is 28.2 Å². The number of benzene rings is 1. The van der Waals surface area contributed by atoms with E-state index >= 15 is 0 Å². The Bertz CT molecular complexity index is 428. The highest BCUT2D eigenvalue weighted by Crippen LogP contribution is 2.30. The molecule has 1 fully saturated rings. The average molecular weight is 281 g/mol. The Balaban J connectivity index is 2.39. The number of aliphatic hydroxyl groups is 1. The van der Waals surface area contributed by atoms with Gasteiger partial charge in [-0.1, -0.05) is 15.9 Å². The number of hydrogen-bond acceptors (Lipinski definition) is 3. The van der Waals surface area contributed by atoms with Crippen molar-refractivity contribution in [3.63, 3.8) is 0 Å². The third kappa shape index (κ3) is 2.06. The topological polar surface area (TPSA) is 47.3 Å². The fraction of sp³-hybridized carbons (Fsp3) is 0.417. The minimum absolute atomic E-state index is 0.150. The second-order valence-electron chi connectivity index (χ2n) is 3.95. The highest BCUT2D eigenvalue weighted by molar-refractivity contribution is 9.10. The smallest absolute Gasteiger partial charge is 0.101 e. The van der Waals surface area contributed by atoms with Crippen molar-refractivity contribution < 1.29 is 5.11 Å². The zero-order valence-corrected chi connectivity index (χ0v) is 10.4. The van der Waals surface area contributed by atoms with Gasteiger partial charge in [-0.05, 0) is 31.0 Å². The van der Waals surface area contributed by atoms with Gasteiger partial charge in [-0.2, -0.15) is 5.26 Å². The summed E-state index contributed by atoms with van der Waals surface area (Å²) in [5, 5.41) is 18.4. The molecule has 1 aromatic carbocycles. The van der Waals surface area contributed by atoms with Crippen molar-refractivity contribution in [2.45, 2.75) is 18.9 Å². The summed E-state index contributed by atoms with van der Waals surface area (Å²) in [6.45, 7) is 1.06. The molecule has 0 aliphatic carbocycles. The predicted octanol–water partition coefficient (Wildman–Crippen LogP) is 2.28. The lowest BCUT2D eigenvalue weighted by molar-refractivity contribution is 0.266. The lowest BCUT2D eigenvalue weighted by atomic mass is 10.1. The number of anilines is 1. The molecule has 16 heavy (non-hydrogen) atoms. The maximum Gasteiger partial charge on any atom is 0.101 e. The van der Waals surface area contributed by atoms with E-state index in [9.17, 15) is 5.11 Å². The van der Waals surface area contributed by atoms with E-state index < -0.39 is 0 Å². The molecule has 1 unspecified atom stereocenters. The molecule has 3 nitrogen and oxygen atoms in total. The van der Waals surface area contributed by atoms with Gasteiger partial charge in [-0.3, -0.25) is 0 Å². The monoisotopic (exact) mass is 280 g/mol.